The van der Waals surface area contributed by atoms with Crippen LogP contribution >= 0.6 is 0 Å². The first kappa shape index (κ1) is 12.0. The molecule has 1 aliphatic rings. The second-order valence-electron chi connectivity index (χ2n) is 4.70. The number of rotatable bonds is 2. The van der Waals surface area contributed by atoms with Crippen LogP contribution in [0.5, 0.6) is 0 Å². The summed E-state index contributed by atoms with van der Waals surface area (Å²) in [6.07, 6.45) is 0.822. The van der Waals surface area contributed by atoms with E-state index in [0.29, 0.717) is 26.2 Å². The highest BCUT2D eigenvalue weighted by molar-refractivity contribution is 5.75. The van der Waals surface area contributed by atoms with Gasteiger partial charge in [-0.05, 0) is 20.8 Å². The fraction of sp³-hybridized carbons (Fsp3) is 0.800. The molecule has 0 saturated carbocycles. The topological polar surface area (TPSA) is 49.9 Å². The molecule has 0 aliphatic carbocycles. The van der Waals surface area contributed by atoms with Gasteiger partial charge in [-0.15, -0.1) is 5.06 Å². The van der Waals surface area contributed by atoms with Gasteiger partial charge in [0.05, 0.1) is 18.5 Å². The van der Waals surface area contributed by atoms with E-state index in [-0.39, 0.29) is 5.97 Å². The molecule has 0 bridgehead atoms. The van der Waals surface area contributed by atoms with Crippen LogP contribution in [0.15, 0.2) is 0 Å². The number of hydrogen-bond donors (Lipinski definition) is 0. The molecule has 1 amide bonds. The molecule has 5 heteroatoms. The maximum absolute atomic E-state index is 11.5. The lowest BCUT2D eigenvalue weighted by Gasteiger charge is -2.32. The predicted molar refractivity (Wildman–Crippen MR) is 54.8 cm³/mol. The van der Waals surface area contributed by atoms with Crippen molar-refractivity contribution < 1.29 is 14.4 Å². The number of nitrogens with zero attached hydrogens (tertiary/aromatic N) is 2. The number of carbonyl (C=O) groups is 2. The predicted octanol–water partition coefficient (Wildman–Crippen LogP) is 0.265. The standard InChI is InChI=1S/C10H18N2O3/c1-10(2,3)9(14)15-12-6-4-11(8-13)5-7-12/h8H,4-7H2,1-3H3. The Bertz CT molecular complexity index is 240. The minimum Gasteiger partial charge on any atom is -0.367 e. The fourth-order valence-electron chi connectivity index (χ4n) is 1.15. The molecule has 1 fully saturated rings. The number of amides is 1. The maximum atomic E-state index is 11.5. The molecule has 1 aliphatic heterocycles. The molecule has 0 aromatic heterocycles. The largest absolute Gasteiger partial charge is 0.367 e. The van der Waals surface area contributed by atoms with Gasteiger partial charge >= 0.3 is 5.97 Å². The highest BCUT2D eigenvalue weighted by atomic mass is 16.7. The van der Waals surface area contributed by atoms with Gasteiger partial charge in [-0.3, -0.25) is 4.79 Å². The van der Waals surface area contributed by atoms with Crippen molar-refractivity contribution in [2.24, 2.45) is 5.41 Å². The number of hydrogen-bond acceptors (Lipinski definition) is 4. The van der Waals surface area contributed by atoms with E-state index in [4.69, 9.17) is 4.84 Å². The third-order valence-corrected chi connectivity index (χ3v) is 2.25. The summed E-state index contributed by atoms with van der Waals surface area (Å²) in [6, 6.07) is 0. The molecule has 0 radical (unpaired) electrons. The molecular formula is C10H18N2O3. The summed E-state index contributed by atoms with van der Waals surface area (Å²) in [5.74, 6) is -0.234. The quantitative estimate of drug-likeness (QED) is 0.619. The van der Waals surface area contributed by atoms with E-state index in [9.17, 15) is 9.59 Å². The Morgan fingerprint density at radius 3 is 2.13 bits per heavy atom. The molecule has 86 valence electrons. The smallest absolute Gasteiger partial charge is 0.330 e. The van der Waals surface area contributed by atoms with E-state index in [0.717, 1.165) is 6.41 Å². The molecule has 5 nitrogen and oxygen atoms in total. The summed E-state index contributed by atoms with van der Waals surface area (Å²) >= 11 is 0. The highest BCUT2D eigenvalue weighted by Gasteiger charge is 2.27. The minimum atomic E-state index is -0.484. The Morgan fingerprint density at radius 1 is 1.20 bits per heavy atom. The monoisotopic (exact) mass is 214 g/mol. The van der Waals surface area contributed by atoms with Gasteiger partial charge < -0.3 is 9.74 Å². The van der Waals surface area contributed by atoms with Crippen LogP contribution in [0, 0.1) is 5.41 Å². The zero-order valence-electron chi connectivity index (χ0n) is 9.52. The number of piperazine rings is 1. The molecule has 0 unspecified atom stereocenters. The zero-order chi connectivity index (χ0) is 11.5. The maximum Gasteiger partial charge on any atom is 0.330 e. The lowest BCUT2D eigenvalue weighted by atomic mass is 9.98. The van der Waals surface area contributed by atoms with Crippen molar-refractivity contribution in [3.8, 4) is 0 Å². The van der Waals surface area contributed by atoms with Crippen LogP contribution in [-0.2, 0) is 14.4 Å². The van der Waals surface area contributed by atoms with Crippen molar-refractivity contribution >= 4 is 12.4 Å². The van der Waals surface area contributed by atoms with Gasteiger partial charge in [0.15, 0.2) is 0 Å². The van der Waals surface area contributed by atoms with Crippen LogP contribution in [0.3, 0.4) is 0 Å². The van der Waals surface area contributed by atoms with Crippen LogP contribution in [0.1, 0.15) is 20.8 Å². The van der Waals surface area contributed by atoms with Crippen molar-refractivity contribution in [3.63, 3.8) is 0 Å². The van der Waals surface area contributed by atoms with E-state index in [2.05, 4.69) is 0 Å². The summed E-state index contributed by atoms with van der Waals surface area (Å²) in [5, 5.41) is 1.62. The van der Waals surface area contributed by atoms with Gasteiger partial charge in [0.25, 0.3) is 0 Å². The molecule has 1 heterocycles. The lowest BCUT2D eigenvalue weighted by Crippen LogP contribution is -2.47. The molecule has 0 N–H and O–H groups in total. The van der Waals surface area contributed by atoms with Crippen molar-refractivity contribution in [2.45, 2.75) is 20.8 Å². The first-order valence-electron chi connectivity index (χ1n) is 5.10. The van der Waals surface area contributed by atoms with Crippen LogP contribution in [0.2, 0.25) is 0 Å². The van der Waals surface area contributed by atoms with Crippen molar-refractivity contribution in [2.75, 3.05) is 26.2 Å². The van der Waals surface area contributed by atoms with Crippen LogP contribution < -0.4 is 0 Å². The van der Waals surface area contributed by atoms with Crippen LogP contribution in [0.25, 0.3) is 0 Å². The molecule has 0 spiro atoms. The second-order valence-corrected chi connectivity index (χ2v) is 4.70. The normalized spacial score (nSPS) is 18.7. The Balaban J connectivity index is 2.36. The minimum absolute atomic E-state index is 0.234. The van der Waals surface area contributed by atoms with Gasteiger partial charge in [-0.25, -0.2) is 4.79 Å². The molecule has 0 aromatic rings. The zero-order valence-corrected chi connectivity index (χ0v) is 9.52. The average Bonchev–Trinajstić information content (AvgIpc) is 2.17. The SMILES string of the molecule is CC(C)(C)C(=O)ON1CCN(C=O)CC1. The van der Waals surface area contributed by atoms with E-state index in [1.54, 1.807) is 9.96 Å². The van der Waals surface area contributed by atoms with Crippen molar-refractivity contribution in [1.82, 2.24) is 9.96 Å². The highest BCUT2D eigenvalue weighted by Crippen LogP contribution is 2.16. The fourth-order valence-corrected chi connectivity index (χ4v) is 1.15. The summed E-state index contributed by atoms with van der Waals surface area (Å²) in [5.41, 5.74) is -0.484. The van der Waals surface area contributed by atoms with Crippen LogP contribution in [0.4, 0.5) is 0 Å². The molecular weight excluding hydrogens is 196 g/mol. The van der Waals surface area contributed by atoms with Crippen molar-refractivity contribution in [1.29, 1.82) is 0 Å². The molecule has 1 saturated heterocycles. The lowest BCUT2D eigenvalue weighted by molar-refractivity contribution is -0.206. The Labute approximate surface area is 89.9 Å². The Hall–Kier alpha value is -1.10. The van der Waals surface area contributed by atoms with Crippen LogP contribution in [-0.4, -0.2) is 48.5 Å². The Kier molecular flexibility index (Phi) is 3.68. The van der Waals surface area contributed by atoms with Gasteiger partial charge in [0, 0.05) is 13.1 Å². The summed E-state index contributed by atoms with van der Waals surface area (Å²) < 4.78 is 0. The third kappa shape index (κ3) is 3.51. The summed E-state index contributed by atoms with van der Waals surface area (Å²) in [4.78, 5) is 28.9. The summed E-state index contributed by atoms with van der Waals surface area (Å²) in [7, 11) is 0. The third-order valence-electron chi connectivity index (χ3n) is 2.25. The molecule has 0 aromatic carbocycles. The second kappa shape index (κ2) is 4.61. The van der Waals surface area contributed by atoms with Gasteiger partial charge in [-0.1, -0.05) is 0 Å². The van der Waals surface area contributed by atoms with E-state index in [1.807, 2.05) is 20.8 Å². The summed E-state index contributed by atoms with van der Waals surface area (Å²) in [6.45, 7) is 7.84. The Morgan fingerprint density at radius 2 is 1.73 bits per heavy atom. The van der Waals surface area contributed by atoms with Gasteiger partial charge in [0.1, 0.15) is 0 Å². The first-order chi connectivity index (χ1) is 6.93. The van der Waals surface area contributed by atoms with E-state index >= 15 is 0 Å². The first-order valence-corrected chi connectivity index (χ1v) is 5.10. The van der Waals surface area contributed by atoms with E-state index in [1.165, 1.54) is 0 Å². The molecule has 1 rings (SSSR count). The average molecular weight is 214 g/mol. The molecule has 0 atom stereocenters. The van der Waals surface area contributed by atoms with Gasteiger partial charge in [0.2, 0.25) is 6.41 Å². The number of hydroxylamine groups is 2. The number of carbonyl (C=O) groups excluding carboxylic acids is 2. The van der Waals surface area contributed by atoms with Gasteiger partial charge in [-0.2, -0.15) is 0 Å². The van der Waals surface area contributed by atoms with E-state index < -0.39 is 5.41 Å². The van der Waals surface area contributed by atoms with Crippen molar-refractivity contribution in [3.05, 3.63) is 0 Å². The molecule has 15 heavy (non-hydrogen) atoms.